The Balaban J connectivity index is 1.56. The Labute approximate surface area is 151 Å². The van der Waals surface area contributed by atoms with Crippen LogP contribution in [-0.2, 0) is 4.79 Å². The normalized spacial score (nSPS) is 12.6. The zero-order valence-electron chi connectivity index (χ0n) is 13.1. The van der Waals surface area contributed by atoms with E-state index in [1.165, 1.54) is 18.0 Å². The van der Waals surface area contributed by atoms with Crippen LogP contribution in [0.3, 0.4) is 0 Å². The van der Waals surface area contributed by atoms with Crippen molar-refractivity contribution >= 4 is 51.9 Å². The van der Waals surface area contributed by atoms with Gasteiger partial charge in [-0.25, -0.2) is 15.1 Å². The molecule has 0 bridgehead atoms. The van der Waals surface area contributed by atoms with E-state index in [4.69, 9.17) is 11.6 Å². The fourth-order valence-corrected chi connectivity index (χ4v) is 3.39. The first kappa shape index (κ1) is 15.9. The van der Waals surface area contributed by atoms with Gasteiger partial charge in [0.2, 0.25) is 11.7 Å². The summed E-state index contributed by atoms with van der Waals surface area (Å²) in [6.07, 6.45) is 1.49. The average Bonchev–Trinajstić information content (AvgIpc) is 3.16. The number of carbonyl (C=O) groups excluding carboxylic acids is 1. The minimum atomic E-state index is -0.370. The van der Waals surface area contributed by atoms with E-state index in [-0.39, 0.29) is 11.2 Å². The Morgan fingerprint density at radius 1 is 1.32 bits per heavy atom. The van der Waals surface area contributed by atoms with Gasteiger partial charge in [0.05, 0.1) is 21.3 Å². The van der Waals surface area contributed by atoms with Gasteiger partial charge in [-0.2, -0.15) is 0 Å². The van der Waals surface area contributed by atoms with Gasteiger partial charge in [0.25, 0.3) is 0 Å². The van der Waals surface area contributed by atoms with Crippen molar-refractivity contribution in [3.8, 4) is 0 Å². The lowest BCUT2D eigenvalue weighted by atomic mass is 10.3. The Bertz CT molecular complexity index is 1060. The molecule has 0 aliphatic rings. The van der Waals surface area contributed by atoms with E-state index >= 15 is 0 Å². The number of amides is 1. The second-order valence-electron chi connectivity index (χ2n) is 5.38. The highest BCUT2D eigenvalue weighted by atomic mass is 35.5. The SMILES string of the molecule is CC(Sc1n[nH]c2nc3ccccc3n12)C(=O)Nc1ccc(Cl)cn1. The number of imidazole rings is 1. The lowest BCUT2D eigenvalue weighted by molar-refractivity contribution is -0.115. The Hall–Kier alpha value is -2.58. The summed E-state index contributed by atoms with van der Waals surface area (Å²) >= 11 is 7.14. The lowest BCUT2D eigenvalue weighted by Gasteiger charge is -2.10. The van der Waals surface area contributed by atoms with Crippen LogP contribution >= 0.6 is 23.4 Å². The summed E-state index contributed by atoms with van der Waals surface area (Å²) in [5.74, 6) is 0.943. The number of para-hydroxylation sites is 2. The van der Waals surface area contributed by atoms with Crippen LogP contribution < -0.4 is 5.32 Å². The molecule has 0 radical (unpaired) electrons. The van der Waals surface area contributed by atoms with Gasteiger partial charge in [0.1, 0.15) is 5.82 Å². The molecule has 4 aromatic rings. The predicted octanol–water partition coefficient (Wildman–Crippen LogP) is 3.38. The molecular weight excluding hydrogens is 360 g/mol. The third-order valence-electron chi connectivity index (χ3n) is 3.63. The molecule has 0 saturated heterocycles. The number of anilines is 1. The topological polar surface area (TPSA) is 88.0 Å². The Morgan fingerprint density at radius 2 is 2.16 bits per heavy atom. The molecule has 9 heteroatoms. The van der Waals surface area contributed by atoms with Crippen molar-refractivity contribution in [3.63, 3.8) is 0 Å². The van der Waals surface area contributed by atoms with Gasteiger partial charge in [-0.15, -0.1) is 5.10 Å². The molecule has 1 amide bonds. The first-order chi connectivity index (χ1) is 12.1. The molecule has 126 valence electrons. The molecule has 0 aliphatic carbocycles. The number of nitrogens with zero attached hydrogens (tertiary/aromatic N) is 4. The van der Waals surface area contributed by atoms with Crippen LogP contribution in [0.5, 0.6) is 0 Å². The zero-order valence-corrected chi connectivity index (χ0v) is 14.7. The van der Waals surface area contributed by atoms with Gasteiger partial charge in [0.15, 0.2) is 5.16 Å². The number of carbonyl (C=O) groups is 1. The van der Waals surface area contributed by atoms with Crippen molar-refractivity contribution in [3.05, 3.63) is 47.6 Å². The number of hydrogen-bond donors (Lipinski definition) is 2. The number of fused-ring (bicyclic) bond motifs is 3. The number of halogens is 1. The number of pyridine rings is 1. The first-order valence-corrected chi connectivity index (χ1v) is 8.78. The summed E-state index contributed by atoms with van der Waals surface area (Å²) in [7, 11) is 0. The van der Waals surface area contributed by atoms with E-state index in [0.29, 0.717) is 21.8 Å². The summed E-state index contributed by atoms with van der Waals surface area (Å²) in [6.45, 7) is 1.82. The highest BCUT2D eigenvalue weighted by Gasteiger charge is 2.20. The van der Waals surface area contributed by atoms with E-state index in [2.05, 4.69) is 25.5 Å². The fourth-order valence-electron chi connectivity index (χ4n) is 2.41. The Kier molecular flexibility index (Phi) is 4.06. The summed E-state index contributed by atoms with van der Waals surface area (Å²) in [4.78, 5) is 20.9. The molecule has 25 heavy (non-hydrogen) atoms. The van der Waals surface area contributed by atoms with Crippen molar-refractivity contribution in [1.29, 1.82) is 0 Å². The molecule has 0 fully saturated rings. The van der Waals surface area contributed by atoms with Gasteiger partial charge >= 0.3 is 0 Å². The number of H-pyrrole nitrogens is 1. The summed E-state index contributed by atoms with van der Waals surface area (Å²) in [6, 6.07) is 11.1. The van der Waals surface area contributed by atoms with E-state index < -0.39 is 0 Å². The summed E-state index contributed by atoms with van der Waals surface area (Å²) < 4.78 is 1.91. The summed E-state index contributed by atoms with van der Waals surface area (Å²) in [5, 5.41) is 10.8. The fraction of sp³-hybridized carbons (Fsp3) is 0.125. The molecule has 1 aromatic carbocycles. The van der Waals surface area contributed by atoms with Crippen LogP contribution in [0.4, 0.5) is 5.82 Å². The van der Waals surface area contributed by atoms with Gasteiger partial charge in [0, 0.05) is 6.20 Å². The minimum absolute atomic E-state index is 0.166. The molecule has 3 heterocycles. The quantitative estimate of drug-likeness (QED) is 0.536. The second kappa shape index (κ2) is 6.38. The van der Waals surface area contributed by atoms with Crippen molar-refractivity contribution in [1.82, 2.24) is 24.6 Å². The van der Waals surface area contributed by atoms with Crippen molar-refractivity contribution in [2.75, 3.05) is 5.32 Å². The van der Waals surface area contributed by atoms with Crippen LogP contribution in [0.1, 0.15) is 6.92 Å². The molecule has 7 nitrogen and oxygen atoms in total. The highest BCUT2D eigenvalue weighted by Crippen LogP contribution is 2.26. The second-order valence-corrected chi connectivity index (χ2v) is 7.12. The van der Waals surface area contributed by atoms with Crippen LogP contribution in [-0.4, -0.2) is 35.7 Å². The van der Waals surface area contributed by atoms with E-state index in [0.717, 1.165) is 11.0 Å². The van der Waals surface area contributed by atoms with Crippen LogP contribution in [0.15, 0.2) is 47.8 Å². The number of benzene rings is 1. The monoisotopic (exact) mass is 372 g/mol. The van der Waals surface area contributed by atoms with E-state index in [1.807, 2.05) is 35.6 Å². The van der Waals surface area contributed by atoms with Gasteiger partial charge < -0.3 is 5.32 Å². The molecule has 0 saturated carbocycles. The summed E-state index contributed by atoms with van der Waals surface area (Å²) in [5.41, 5.74) is 1.82. The maximum Gasteiger partial charge on any atom is 0.238 e. The molecule has 3 aromatic heterocycles. The number of rotatable bonds is 4. The van der Waals surface area contributed by atoms with Gasteiger partial charge in [-0.1, -0.05) is 35.5 Å². The van der Waals surface area contributed by atoms with E-state index in [9.17, 15) is 4.79 Å². The molecule has 0 spiro atoms. The number of aromatic nitrogens is 5. The largest absolute Gasteiger partial charge is 0.310 e. The number of hydrogen-bond acceptors (Lipinski definition) is 5. The van der Waals surface area contributed by atoms with Crippen molar-refractivity contribution in [2.45, 2.75) is 17.3 Å². The van der Waals surface area contributed by atoms with Crippen molar-refractivity contribution < 1.29 is 4.79 Å². The molecule has 2 N–H and O–H groups in total. The van der Waals surface area contributed by atoms with Gasteiger partial charge in [-0.05, 0) is 31.2 Å². The maximum atomic E-state index is 12.4. The minimum Gasteiger partial charge on any atom is -0.310 e. The van der Waals surface area contributed by atoms with Gasteiger partial charge in [-0.3, -0.25) is 9.20 Å². The third kappa shape index (κ3) is 3.06. The number of nitrogens with one attached hydrogen (secondary N) is 2. The zero-order chi connectivity index (χ0) is 17.4. The third-order valence-corrected chi connectivity index (χ3v) is 4.91. The van der Waals surface area contributed by atoms with Crippen LogP contribution in [0, 0.1) is 0 Å². The molecule has 0 aliphatic heterocycles. The number of aromatic amines is 1. The predicted molar refractivity (Wildman–Crippen MR) is 98.0 cm³/mol. The standard InChI is InChI=1S/C16H13ClN6OS/c1-9(14(24)20-13-7-6-10(17)8-18-13)25-16-22-21-15-19-11-4-2-3-5-12(11)23(15)16/h2-9H,1H3,(H,19,21)(H,18,20,24). The van der Waals surface area contributed by atoms with Crippen molar-refractivity contribution in [2.24, 2.45) is 0 Å². The van der Waals surface area contributed by atoms with Crippen LogP contribution in [0.2, 0.25) is 5.02 Å². The number of thioether (sulfide) groups is 1. The van der Waals surface area contributed by atoms with E-state index in [1.54, 1.807) is 12.1 Å². The first-order valence-electron chi connectivity index (χ1n) is 7.52. The molecule has 1 unspecified atom stereocenters. The smallest absolute Gasteiger partial charge is 0.238 e. The Morgan fingerprint density at radius 3 is 2.96 bits per heavy atom. The molecular formula is C16H13ClN6OS. The highest BCUT2D eigenvalue weighted by molar-refractivity contribution is 8.00. The molecule has 1 atom stereocenters. The average molecular weight is 373 g/mol. The molecule has 4 rings (SSSR count). The maximum absolute atomic E-state index is 12.4. The lowest BCUT2D eigenvalue weighted by Crippen LogP contribution is -2.23. The van der Waals surface area contributed by atoms with Crippen LogP contribution in [0.25, 0.3) is 16.8 Å².